The quantitative estimate of drug-likeness (QED) is 0.539. The van der Waals surface area contributed by atoms with E-state index in [4.69, 9.17) is 5.73 Å². The van der Waals surface area contributed by atoms with Crippen LogP contribution in [0.2, 0.25) is 0 Å². The molecule has 0 unspecified atom stereocenters. The zero-order valence-corrected chi connectivity index (χ0v) is 10.6. The Morgan fingerprint density at radius 1 is 1.20 bits per heavy atom. The second-order valence-electron chi connectivity index (χ2n) is 3.34. The van der Waals surface area contributed by atoms with E-state index in [-0.39, 0.29) is 16.0 Å². The van der Waals surface area contributed by atoms with Gasteiger partial charge in [0.15, 0.2) is 0 Å². The van der Waals surface area contributed by atoms with Gasteiger partial charge in [-0.25, -0.2) is 0 Å². The van der Waals surface area contributed by atoms with Crippen LogP contribution in [0.4, 0.5) is 0 Å². The lowest BCUT2D eigenvalue weighted by atomic mass is 10.1. The first kappa shape index (κ1) is 17.0. The highest BCUT2D eigenvalue weighted by Gasteiger charge is 2.04. The van der Waals surface area contributed by atoms with E-state index in [9.17, 15) is 4.79 Å². The van der Waals surface area contributed by atoms with Crippen molar-refractivity contribution < 1.29 is 9.07 Å². The number of ketones is 1. The van der Waals surface area contributed by atoms with Gasteiger partial charge in [-0.2, -0.15) is 0 Å². The Bertz CT molecular complexity index is 149. The molecule has 0 aliphatic carbocycles. The van der Waals surface area contributed by atoms with Crippen LogP contribution in [0.15, 0.2) is 0 Å². The molecule has 0 amide bonds. The number of nitrogens with two attached hydrogens (primary N) is 1. The molecular formula is C11H33N3O. The fourth-order valence-corrected chi connectivity index (χ4v) is 0.820. The van der Waals surface area contributed by atoms with Crippen molar-refractivity contribution in [1.82, 2.24) is 10.6 Å². The van der Waals surface area contributed by atoms with Crippen molar-refractivity contribution in [1.29, 1.82) is 0 Å². The lowest BCUT2D eigenvalue weighted by Gasteiger charge is -2.06. The third-order valence-corrected chi connectivity index (χ3v) is 1.74. The summed E-state index contributed by atoms with van der Waals surface area (Å²) in [7, 11) is 0. The minimum atomic E-state index is 0. The lowest BCUT2D eigenvalue weighted by molar-refractivity contribution is -0.121. The molecule has 98 valence electrons. The average Bonchev–Trinajstić information content (AvgIpc) is 2.25. The average molecular weight is 223 g/mol. The first-order valence-electron chi connectivity index (χ1n) is 5.82. The van der Waals surface area contributed by atoms with Crippen molar-refractivity contribution in [2.75, 3.05) is 32.7 Å². The third kappa shape index (κ3) is 13.6. The normalized spacial score (nSPS) is 9.73. The van der Waals surface area contributed by atoms with Crippen LogP contribution >= 0.6 is 0 Å². The molecule has 0 heterocycles. The molecule has 4 nitrogen and oxygen atoms in total. The molecule has 0 saturated heterocycles. The predicted octanol–water partition coefficient (Wildman–Crippen LogP) is 1.11. The maximum atomic E-state index is 11.1. The number of Topliss-reactive ketones (excluding diaryl/α,β-unsaturated/α-hetero) is 1. The molecule has 0 aliphatic rings. The number of hydrogen-bond acceptors (Lipinski definition) is 4. The van der Waals surface area contributed by atoms with Crippen molar-refractivity contribution in [3.05, 3.63) is 0 Å². The van der Waals surface area contributed by atoms with E-state index in [1.807, 2.05) is 27.7 Å². The van der Waals surface area contributed by atoms with Crippen LogP contribution < -0.4 is 16.4 Å². The Hall–Kier alpha value is -0.450. The van der Waals surface area contributed by atoms with Crippen molar-refractivity contribution >= 4 is 5.78 Å². The van der Waals surface area contributed by atoms with Gasteiger partial charge in [-0.05, 0) is 0 Å². The summed E-state index contributed by atoms with van der Waals surface area (Å²) in [5.74, 6) is 0.392. The van der Waals surface area contributed by atoms with Crippen LogP contribution in [0.3, 0.4) is 0 Å². The summed E-state index contributed by atoms with van der Waals surface area (Å²) in [5, 5.41) is 6.21. The first-order chi connectivity index (χ1) is 7.18. The highest BCUT2D eigenvalue weighted by molar-refractivity contribution is 5.82. The van der Waals surface area contributed by atoms with E-state index < -0.39 is 0 Å². The van der Waals surface area contributed by atoms with Crippen LogP contribution in [0, 0.1) is 5.92 Å². The third-order valence-electron chi connectivity index (χ3n) is 1.74. The van der Waals surface area contributed by atoms with Crippen LogP contribution in [0.5, 0.6) is 0 Å². The Morgan fingerprint density at radius 2 is 1.73 bits per heavy atom. The summed E-state index contributed by atoms with van der Waals surface area (Å²) in [5.41, 5.74) is 5.29. The molecule has 0 spiro atoms. The van der Waals surface area contributed by atoms with Gasteiger partial charge in [-0.3, -0.25) is 4.79 Å². The highest BCUT2D eigenvalue weighted by Crippen LogP contribution is 1.91. The Labute approximate surface area is 98.5 Å². The minimum absolute atomic E-state index is 0. The van der Waals surface area contributed by atoms with Crippen molar-refractivity contribution in [2.24, 2.45) is 11.7 Å². The number of hydrogen-bond donors (Lipinski definition) is 3. The summed E-state index contributed by atoms with van der Waals surface area (Å²) in [6.45, 7) is 11.5. The van der Waals surface area contributed by atoms with E-state index in [2.05, 4.69) is 10.6 Å². The zero-order chi connectivity index (χ0) is 12.1. The van der Waals surface area contributed by atoms with E-state index in [0.717, 1.165) is 19.6 Å². The topological polar surface area (TPSA) is 67.2 Å². The van der Waals surface area contributed by atoms with E-state index in [1.54, 1.807) is 0 Å². The highest BCUT2D eigenvalue weighted by atomic mass is 16.1. The van der Waals surface area contributed by atoms with E-state index in [1.165, 1.54) is 0 Å². The first-order valence-corrected chi connectivity index (χ1v) is 5.82. The monoisotopic (exact) mass is 223 g/mol. The van der Waals surface area contributed by atoms with Gasteiger partial charge in [-0.1, -0.05) is 27.7 Å². The van der Waals surface area contributed by atoms with Gasteiger partial charge in [0.2, 0.25) is 0 Å². The molecule has 0 aliphatic heterocycles. The van der Waals surface area contributed by atoms with Crippen molar-refractivity contribution in [3.63, 3.8) is 0 Å². The molecule has 0 atom stereocenters. The Balaban J connectivity index is -0.000000107. The molecule has 0 rings (SSSR count). The molecule has 0 aromatic rings. The number of carbonyl (C=O) groups excluding carboxylic acids is 1. The molecule has 0 radical (unpaired) electrons. The van der Waals surface area contributed by atoms with Crippen LogP contribution in [-0.4, -0.2) is 38.5 Å². The van der Waals surface area contributed by atoms with Gasteiger partial charge in [0.1, 0.15) is 5.78 Å². The summed E-state index contributed by atoms with van der Waals surface area (Å²) < 4.78 is 0. The smallest absolute Gasteiger partial charge is 0.149 e. The van der Waals surface area contributed by atoms with Crippen LogP contribution in [0.25, 0.3) is 0 Å². The summed E-state index contributed by atoms with van der Waals surface area (Å²) in [6, 6.07) is 0. The molecule has 0 aromatic carbocycles. The van der Waals surface area contributed by atoms with Crippen LogP contribution in [0.1, 0.15) is 32.0 Å². The minimum Gasteiger partial charge on any atom is -0.329 e. The van der Waals surface area contributed by atoms with Crippen LogP contribution in [-0.2, 0) is 4.79 Å². The molecule has 0 bridgehead atoms. The van der Waals surface area contributed by atoms with E-state index >= 15 is 0 Å². The lowest BCUT2D eigenvalue weighted by Crippen LogP contribution is -2.34. The number of carbonyl (C=O) groups is 1. The van der Waals surface area contributed by atoms with Gasteiger partial charge in [-0.15, -0.1) is 0 Å². The summed E-state index contributed by atoms with van der Waals surface area (Å²) in [4.78, 5) is 11.1. The Morgan fingerprint density at radius 3 is 2.20 bits per heavy atom. The van der Waals surface area contributed by atoms with Crippen molar-refractivity contribution in [3.8, 4) is 0 Å². The van der Waals surface area contributed by atoms with Gasteiger partial charge in [0.25, 0.3) is 0 Å². The number of nitrogens with one attached hydrogen (secondary N) is 2. The van der Waals surface area contributed by atoms with Gasteiger partial charge >= 0.3 is 0 Å². The molecule has 0 fully saturated rings. The van der Waals surface area contributed by atoms with Crippen molar-refractivity contribution in [2.45, 2.75) is 27.7 Å². The molecule has 4 N–H and O–H groups in total. The summed E-state index contributed by atoms with van der Waals surface area (Å²) in [6.07, 6.45) is 0. The summed E-state index contributed by atoms with van der Waals surface area (Å²) >= 11 is 0. The predicted molar refractivity (Wildman–Crippen MR) is 72.3 cm³/mol. The largest absolute Gasteiger partial charge is 0.329 e. The van der Waals surface area contributed by atoms with Gasteiger partial charge in [0, 0.05) is 36.4 Å². The van der Waals surface area contributed by atoms with Gasteiger partial charge in [0.05, 0.1) is 6.54 Å². The maximum absolute atomic E-state index is 11.1. The molecular weight excluding hydrogens is 190 g/mol. The SMILES string of the molecule is CC.CC(C)C(=O)CNCCNCCN.[HH].[HH].[HH]. The maximum Gasteiger partial charge on any atom is 0.149 e. The molecule has 15 heavy (non-hydrogen) atoms. The number of rotatable bonds is 8. The zero-order valence-electron chi connectivity index (χ0n) is 10.6. The molecule has 0 aromatic heterocycles. The fraction of sp³-hybridized carbons (Fsp3) is 0.909. The second-order valence-corrected chi connectivity index (χ2v) is 3.34. The van der Waals surface area contributed by atoms with E-state index in [0.29, 0.717) is 13.1 Å². The molecule has 0 saturated carbocycles. The van der Waals surface area contributed by atoms with Gasteiger partial charge < -0.3 is 16.4 Å². The fourth-order valence-electron chi connectivity index (χ4n) is 0.820. The molecule has 4 heteroatoms. The second kappa shape index (κ2) is 13.5. The standard InChI is InChI=1S/C9H21N3O.C2H6.3H2/c1-8(2)9(13)7-12-6-5-11-4-3-10;1-2;;;/h8,11-12H,3-7,10H2,1-2H3;1-2H3;3*1H. The Kier molecular flexibility index (Phi) is 15.3.